The summed E-state index contributed by atoms with van der Waals surface area (Å²) in [5.74, 6) is 1.83. The molecule has 1 aromatic heterocycles. The van der Waals surface area contributed by atoms with Gasteiger partial charge < -0.3 is 4.90 Å². The number of alkyl halides is 1. The van der Waals surface area contributed by atoms with Crippen LogP contribution in [0.2, 0.25) is 0 Å². The van der Waals surface area contributed by atoms with E-state index < -0.39 is 0 Å². The maximum Gasteiger partial charge on any atom is 0.159 e. The largest absolute Gasteiger partial charge is 0.354 e. The first-order valence-electron chi connectivity index (χ1n) is 6.82. The van der Waals surface area contributed by atoms with E-state index in [2.05, 4.69) is 55.3 Å². The van der Waals surface area contributed by atoms with Crippen LogP contribution >= 0.6 is 15.9 Å². The SMILES string of the molecule is Cc1nnc(N2CCC(CCBr)C2)c2ccccc12. The van der Waals surface area contributed by atoms with Crippen LogP contribution in [-0.4, -0.2) is 28.6 Å². The van der Waals surface area contributed by atoms with Crippen molar-refractivity contribution < 1.29 is 0 Å². The molecular weight excluding hydrogens is 302 g/mol. The lowest BCUT2D eigenvalue weighted by Crippen LogP contribution is -2.21. The molecule has 1 aliphatic rings. The first-order valence-corrected chi connectivity index (χ1v) is 7.94. The lowest BCUT2D eigenvalue weighted by atomic mass is 10.1. The smallest absolute Gasteiger partial charge is 0.159 e. The summed E-state index contributed by atoms with van der Waals surface area (Å²) in [6.45, 7) is 4.23. The van der Waals surface area contributed by atoms with Crippen molar-refractivity contribution in [2.75, 3.05) is 23.3 Å². The van der Waals surface area contributed by atoms with Gasteiger partial charge in [-0.1, -0.05) is 40.2 Å². The Morgan fingerprint density at radius 2 is 2.05 bits per heavy atom. The third kappa shape index (κ3) is 2.46. The standard InChI is InChI=1S/C15H18BrN3/c1-11-13-4-2-3-5-14(13)15(18-17-11)19-9-7-12(10-19)6-8-16/h2-5,12H,6-10H2,1H3. The van der Waals surface area contributed by atoms with Crippen LogP contribution in [0.25, 0.3) is 10.8 Å². The summed E-state index contributed by atoms with van der Waals surface area (Å²) >= 11 is 3.54. The molecule has 19 heavy (non-hydrogen) atoms. The van der Waals surface area contributed by atoms with Gasteiger partial charge in [0.2, 0.25) is 0 Å². The fraction of sp³-hybridized carbons (Fsp3) is 0.467. The number of hydrogen-bond acceptors (Lipinski definition) is 3. The molecule has 4 heteroatoms. The van der Waals surface area contributed by atoms with Gasteiger partial charge in [0.05, 0.1) is 5.69 Å². The minimum absolute atomic E-state index is 0.779. The molecule has 0 spiro atoms. The molecular formula is C15H18BrN3. The summed E-state index contributed by atoms with van der Waals surface area (Å²) in [4.78, 5) is 2.39. The normalized spacial score (nSPS) is 19.3. The second-order valence-electron chi connectivity index (χ2n) is 5.23. The first kappa shape index (κ1) is 12.9. The van der Waals surface area contributed by atoms with Gasteiger partial charge in [0.15, 0.2) is 5.82 Å². The molecule has 1 saturated heterocycles. The van der Waals surface area contributed by atoms with Crippen LogP contribution in [0.5, 0.6) is 0 Å². The highest BCUT2D eigenvalue weighted by molar-refractivity contribution is 9.09. The number of halogens is 1. The van der Waals surface area contributed by atoms with Crippen LogP contribution in [-0.2, 0) is 0 Å². The summed E-state index contributed by atoms with van der Waals surface area (Å²) in [6.07, 6.45) is 2.50. The number of hydrogen-bond donors (Lipinski definition) is 0. The molecule has 0 aliphatic carbocycles. The zero-order chi connectivity index (χ0) is 13.2. The molecule has 2 aromatic rings. The summed E-state index contributed by atoms with van der Waals surface area (Å²) < 4.78 is 0. The summed E-state index contributed by atoms with van der Waals surface area (Å²) in [5.41, 5.74) is 1.01. The monoisotopic (exact) mass is 319 g/mol. The fourth-order valence-electron chi connectivity index (χ4n) is 2.87. The number of anilines is 1. The maximum atomic E-state index is 4.45. The van der Waals surface area contributed by atoms with Gasteiger partial charge in [-0.25, -0.2) is 0 Å². The van der Waals surface area contributed by atoms with Crippen molar-refractivity contribution in [3.8, 4) is 0 Å². The van der Waals surface area contributed by atoms with Crippen molar-refractivity contribution in [3.63, 3.8) is 0 Å². The van der Waals surface area contributed by atoms with Crippen LogP contribution in [0.1, 0.15) is 18.5 Å². The third-order valence-electron chi connectivity index (χ3n) is 3.96. The van der Waals surface area contributed by atoms with Crippen LogP contribution < -0.4 is 4.90 Å². The van der Waals surface area contributed by atoms with E-state index in [1.807, 2.05) is 6.92 Å². The Balaban J connectivity index is 1.96. The molecule has 1 atom stereocenters. The Morgan fingerprint density at radius 3 is 2.84 bits per heavy atom. The number of rotatable bonds is 3. The molecule has 0 N–H and O–H groups in total. The van der Waals surface area contributed by atoms with E-state index in [1.54, 1.807) is 0 Å². The molecule has 1 fully saturated rings. The van der Waals surface area contributed by atoms with Gasteiger partial charge in [-0.05, 0) is 25.7 Å². The zero-order valence-electron chi connectivity index (χ0n) is 11.1. The van der Waals surface area contributed by atoms with Crippen LogP contribution in [0.4, 0.5) is 5.82 Å². The second-order valence-corrected chi connectivity index (χ2v) is 6.03. The predicted octanol–water partition coefficient (Wildman–Crippen LogP) is 3.55. The van der Waals surface area contributed by atoms with Crippen LogP contribution in [0.3, 0.4) is 0 Å². The van der Waals surface area contributed by atoms with Gasteiger partial charge in [0, 0.05) is 29.2 Å². The molecule has 2 heterocycles. The van der Waals surface area contributed by atoms with Crippen LogP contribution in [0, 0.1) is 12.8 Å². The molecule has 0 saturated carbocycles. The highest BCUT2D eigenvalue weighted by atomic mass is 79.9. The number of aryl methyl sites for hydroxylation is 1. The molecule has 3 nitrogen and oxygen atoms in total. The minimum atomic E-state index is 0.779. The van der Waals surface area contributed by atoms with E-state index in [-0.39, 0.29) is 0 Å². The van der Waals surface area contributed by atoms with Crippen molar-refractivity contribution in [1.82, 2.24) is 10.2 Å². The average molecular weight is 320 g/mol. The lowest BCUT2D eigenvalue weighted by molar-refractivity contribution is 0.575. The van der Waals surface area contributed by atoms with Crippen molar-refractivity contribution in [3.05, 3.63) is 30.0 Å². The van der Waals surface area contributed by atoms with Gasteiger partial charge in [-0.15, -0.1) is 5.10 Å². The number of fused-ring (bicyclic) bond motifs is 1. The Bertz CT molecular complexity index is 585. The molecule has 0 radical (unpaired) electrons. The summed E-state index contributed by atoms with van der Waals surface area (Å²) in [6, 6.07) is 8.44. The topological polar surface area (TPSA) is 29.0 Å². The fourth-order valence-corrected chi connectivity index (χ4v) is 3.52. The minimum Gasteiger partial charge on any atom is -0.354 e. The van der Waals surface area contributed by atoms with Crippen molar-refractivity contribution in [1.29, 1.82) is 0 Å². The molecule has 100 valence electrons. The molecule has 0 amide bonds. The van der Waals surface area contributed by atoms with Gasteiger partial charge in [0.25, 0.3) is 0 Å². The number of nitrogens with zero attached hydrogens (tertiary/aromatic N) is 3. The number of benzene rings is 1. The molecule has 1 unspecified atom stereocenters. The van der Waals surface area contributed by atoms with Crippen molar-refractivity contribution in [2.45, 2.75) is 19.8 Å². The third-order valence-corrected chi connectivity index (χ3v) is 4.41. The quantitative estimate of drug-likeness (QED) is 0.810. The van der Waals surface area contributed by atoms with Gasteiger partial charge >= 0.3 is 0 Å². The Hall–Kier alpha value is -1.16. The van der Waals surface area contributed by atoms with Gasteiger partial charge in [-0.3, -0.25) is 0 Å². The zero-order valence-corrected chi connectivity index (χ0v) is 12.7. The lowest BCUT2D eigenvalue weighted by Gasteiger charge is -2.19. The second kappa shape index (κ2) is 5.45. The molecule has 3 rings (SSSR count). The first-order chi connectivity index (χ1) is 9.29. The van der Waals surface area contributed by atoms with E-state index in [1.165, 1.54) is 23.6 Å². The van der Waals surface area contributed by atoms with E-state index in [4.69, 9.17) is 0 Å². The van der Waals surface area contributed by atoms with Crippen LogP contribution in [0.15, 0.2) is 24.3 Å². The maximum absolute atomic E-state index is 4.45. The number of aromatic nitrogens is 2. The predicted molar refractivity (Wildman–Crippen MR) is 83.0 cm³/mol. The highest BCUT2D eigenvalue weighted by Crippen LogP contribution is 2.30. The average Bonchev–Trinajstić information content (AvgIpc) is 2.88. The Labute approximate surface area is 122 Å². The van der Waals surface area contributed by atoms with E-state index in [0.29, 0.717) is 0 Å². The van der Waals surface area contributed by atoms with Gasteiger partial charge in [0.1, 0.15) is 0 Å². The van der Waals surface area contributed by atoms with Crippen molar-refractivity contribution >= 4 is 32.5 Å². The summed E-state index contributed by atoms with van der Waals surface area (Å²) in [7, 11) is 0. The Kier molecular flexibility index (Phi) is 3.69. The molecule has 0 bridgehead atoms. The van der Waals surface area contributed by atoms with Gasteiger partial charge in [-0.2, -0.15) is 5.10 Å². The van der Waals surface area contributed by atoms with E-state index in [9.17, 15) is 0 Å². The van der Waals surface area contributed by atoms with E-state index in [0.717, 1.165) is 35.8 Å². The Morgan fingerprint density at radius 1 is 1.26 bits per heavy atom. The van der Waals surface area contributed by atoms with E-state index >= 15 is 0 Å². The highest BCUT2D eigenvalue weighted by Gasteiger charge is 2.24. The molecule has 1 aliphatic heterocycles. The van der Waals surface area contributed by atoms with Crippen molar-refractivity contribution in [2.24, 2.45) is 5.92 Å². The summed E-state index contributed by atoms with van der Waals surface area (Å²) in [5, 5.41) is 12.3. The molecule has 1 aromatic carbocycles.